The first-order valence-electron chi connectivity index (χ1n) is 12.7. The van der Waals surface area contributed by atoms with Crippen molar-refractivity contribution in [3.05, 3.63) is 71.9 Å². The molecule has 6 heteroatoms. The molecule has 1 saturated heterocycles. The van der Waals surface area contributed by atoms with E-state index in [-0.39, 0.29) is 5.91 Å². The number of pyridine rings is 1. The molecule has 2 aromatic carbocycles. The Bertz CT molecular complexity index is 1200. The van der Waals surface area contributed by atoms with Gasteiger partial charge in [-0.1, -0.05) is 17.7 Å². The quantitative estimate of drug-likeness (QED) is 0.482. The van der Waals surface area contributed by atoms with Crippen LogP contribution >= 0.6 is 0 Å². The van der Waals surface area contributed by atoms with Gasteiger partial charge in [0.05, 0.1) is 7.11 Å². The molecule has 3 aromatic rings. The number of carbonyl (C=O) groups excluding carboxylic acids is 1. The van der Waals surface area contributed by atoms with Gasteiger partial charge in [-0.05, 0) is 80.0 Å². The van der Waals surface area contributed by atoms with Gasteiger partial charge in [-0.2, -0.15) is 0 Å². The summed E-state index contributed by atoms with van der Waals surface area (Å²) >= 11 is 0. The van der Waals surface area contributed by atoms with Crippen molar-refractivity contribution in [3.8, 4) is 5.75 Å². The number of ether oxygens (including phenoxy) is 1. The van der Waals surface area contributed by atoms with Crippen LogP contribution in [0, 0.1) is 0 Å². The van der Waals surface area contributed by atoms with Crippen LogP contribution in [0.1, 0.15) is 42.5 Å². The number of hydrogen-bond acceptors (Lipinski definition) is 5. The molecule has 0 saturated carbocycles. The molecule has 6 nitrogen and oxygen atoms in total. The molecule has 1 N–H and O–H groups in total. The molecule has 0 spiro atoms. The van der Waals surface area contributed by atoms with E-state index in [0.29, 0.717) is 12.1 Å². The summed E-state index contributed by atoms with van der Waals surface area (Å²) in [6.45, 7) is 4.28. The number of aromatic nitrogens is 1. The number of carbonyl (C=O) groups is 1. The number of piperazine rings is 1. The summed E-state index contributed by atoms with van der Waals surface area (Å²) in [5, 5.41) is 5.26. The summed E-state index contributed by atoms with van der Waals surface area (Å²) in [6, 6.07) is 16.2. The number of hydrogen-bond donors (Lipinski definition) is 1. The van der Waals surface area contributed by atoms with Crippen LogP contribution in [-0.4, -0.2) is 50.7 Å². The summed E-state index contributed by atoms with van der Waals surface area (Å²) in [4.78, 5) is 22.3. The van der Waals surface area contributed by atoms with Crippen LogP contribution in [0.25, 0.3) is 10.8 Å². The van der Waals surface area contributed by atoms with Crippen LogP contribution < -0.4 is 19.9 Å². The minimum absolute atomic E-state index is 0.0116. The Morgan fingerprint density at radius 2 is 1.80 bits per heavy atom. The largest absolute Gasteiger partial charge is 0.497 e. The molecular weight excluding hydrogens is 436 g/mol. The number of nitrogens with zero attached hydrogens (tertiary/aromatic N) is 3. The lowest BCUT2D eigenvalue weighted by Gasteiger charge is -2.37. The first-order valence-corrected chi connectivity index (χ1v) is 12.7. The van der Waals surface area contributed by atoms with Crippen molar-refractivity contribution < 1.29 is 9.53 Å². The minimum Gasteiger partial charge on any atom is -0.497 e. The highest BCUT2D eigenvalue weighted by atomic mass is 16.5. The van der Waals surface area contributed by atoms with Gasteiger partial charge < -0.3 is 19.9 Å². The monoisotopic (exact) mass is 470 g/mol. The molecule has 1 fully saturated rings. The number of nitrogens with one attached hydrogen (secondary N) is 1. The normalized spacial score (nSPS) is 16.2. The lowest BCUT2D eigenvalue weighted by molar-refractivity contribution is 0.0954. The maximum absolute atomic E-state index is 12.9. The first-order chi connectivity index (χ1) is 17.2. The predicted molar refractivity (Wildman–Crippen MR) is 143 cm³/mol. The summed E-state index contributed by atoms with van der Waals surface area (Å²) in [5.41, 5.74) is 3.39. The molecule has 182 valence electrons. The highest BCUT2D eigenvalue weighted by Crippen LogP contribution is 2.28. The molecule has 0 bridgehead atoms. The molecule has 0 unspecified atom stereocenters. The molecule has 1 aromatic heterocycles. The van der Waals surface area contributed by atoms with E-state index in [4.69, 9.17) is 9.72 Å². The lowest BCUT2D eigenvalue weighted by Crippen LogP contribution is -2.46. The molecule has 35 heavy (non-hydrogen) atoms. The van der Waals surface area contributed by atoms with Gasteiger partial charge in [-0.25, -0.2) is 4.98 Å². The third-order valence-electron chi connectivity index (χ3n) is 7.14. The number of allylic oxidation sites excluding steroid dienone is 1. The number of anilines is 2. The van der Waals surface area contributed by atoms with Crippen LogP contribution in [-0.2, 0) is 0 Å². The Morgan fingerprint density at radius 1 is 1.00 bits per heavy atom. The Morgan fingerprint density at radius 3 is 2.54 bits per heavy atom. The predicted octanol–water partition coefficient (Wildman–Crippen LogP) is 5.19. The molecule has 1 aliphatic carbocycles. The SMILES string of the molecule is COc1ccc(N2CCN(c3nccc4ccc(C(=O)NCCC5=CCCCC5)cc34)CC2)cc1. The Balaban J connectivity index is 1.25. The zero-order valence-electron chi connectivity index (χ0n) is 20.5. The standard InChI is InChI=1S/C29H34N4O2/c1-35-26-11-9-25(10-12-26)32-17-19-33(20-18-32)28-27-21-24(8-7-23(27)14-16-30-28)29(34)31-15-13-22-5-3-2-4-6-22/h5,7-12,14,16,21H,2-4,6,13,15,17-20H2,1H3,(H,31,34). The van der Waals surface area contributed by atoms with Crippen molar-refractivity contribution in [3.63, 3.8) is 0 Å². The Labute approximate surface area is 207 Å². The molecule has 1 amide bonds. The summed E-state index contributed by atoms with van der Waals surface area (Å²) < 4.78 is 5.28. The van der Waals surface area contributed by atoms with Crippen LogP contribution in [0.3, 0.4) is 0 Å². The van der Waals surface area contributed by atoms with Crippen molar-refractivity contribution in [2.75, 3.05) is 49.6 Å². The van der Waals surface area contributed by atoms with E-state index >= 15 is 0 Å². The fourth-order valence-electron chi connectivity index (χ4n) is 5.09. The zero-order valence-corrected chi connectivity index (χ0v) is 20.5. The van der Waals surface area contributed by atoms with Crippen LogP contribution in [0.5, 0.6) is 5.75 Å². The number of rotatable bonds is 7. The fraction of sp³-hybridized carbons (Fsp3) is 0.379. The van der Waals surface area contributed by atoms with Gasteiger partial charge >= 0.3 is 0 Å². The van der Waals surface area contributed by atoms with Crippen LogP contribution in [0.15, 0.2) is 66.4 Å². The highest BCUT2D eigenvalue weighted by Gasteiger charge is 2.20. The van der Waals surface area contributed by atoms with Crippen LogP contribution in [0.2, 0.25) is 0 Å². The number of amides is 1. The maximum Gasteiger partial charge on any atom is 0.251 e. The molecular formula is C29H34N4O2. The zero-order chi connectivity index (χ0) is 24.0. The minimum atomic E-state index is -0.0116. The van der Waals surface area contributed by atoms with Gasteiger partial charge in [0.2, 0.25) is 0 Å². The van der Waals surface area contributed by atoms with Crippen LogP contribution in [0.4, 0.5) is 11.5 Å². The molecule has 5 rings (SSSR count). The van der Waals surface area contributed by atoms with Crippen molar-refractivity contribution in [2.45, 2.75) is 32.1 Å². The molecule has 2 heterocycles. The fourth-order valence-corrected chi connectivity index (χ4v) is 5.09. The average Bonchev–Trinajstić information content (AvgIpc) is 2.93. The average molecular weight is 471 g/mol. The van der Waals surface area contributed by atoms with Gasteiger partial charge in [0.25, 0.3) is 5.91 Å². The number of methoxy groups -OCH3 is 1. The van der Waals surface area contributed by atoms with Gasteiger partial charge in [-0.15, -0.1) is 0 Å². The molecule has 0 radical (unpaired) electrons. The summed E-state index contributed by atoms with van der Waals surface area (Å²) in [7, 11) is 1.69. The molecule has 2 aliphatic rings. The van der Waals surface area contributed by atoms with Crippen molar-refractivity contribution in [2.24, 2.45) is 0 Å². The summed E-state index contributed by atoms with van der Waals surface area (Å²) in [5.74, 6) is 1.82. The topological polar surface area (TPSA) is 57.7 Å². The van der Waals surface area contributed by atoms with E-state index in [2.05, 4.69) is 33.3 Å². The smallest absolute Gasteiger partial charge is 0.251 e. The van der Waals surface area contributed by atoms with Crippen molar-refractivity contribution in [1.29, 1.82) is 0 Å². The third kappa shape index (κ3) is 5.42. The lowest BCUT2D eigenvalue weighted by atomic mass is 9.97. The number of fused-ring (bicyclic) bond motifs is 1. The second-order valence-corrected chi connectivity index (χ2v) is 9.36. The second kappa shape index (κ2) is 10.8. The first kappa shape index (κ1) is 23.2. The van der Waals surface area contributed by atoms with E-state index < -0.39 is 0 Å². The van der Waals surface area contributed by atoms with E-state index in [0.717, 1.165) is 54.9 Å². The van der Waals surface area contributed by atoms with E-state index in [1.165, 1.54) is 36.9 Å². The Kier molecular flexibility index (Phi) is 7.17. The van der Waals surface area contributed by atoms with Gasteiger partial charge in [-0.3, -0.25) is 4.79 Å². The van der Waals surface area contributed by atoms with Crippen molar-refractivity contribution in [1.82, 2.24) is 10.3 Å². The number of benzene rings is 2. The van der Waals surface area contributed by atoms with Crippen molar-refractivity contribution >= 4 is 28.2 Å². The van der Waals surface area contributed by atoms with Gasteiger partial charge in [0.1, 0.15) is 11.6 Å². The summed E-state index contributed by atoms with van der Waals surface area (Å²) in [6.07, 6.45) is 10.1. The van der Waals surface area contributed by atoms with E-state index in [1.54, 1.807) is 7.11 Å². The maximum atomic E-state index is 12.9. The van der Waals surface area contributed by atoms with Gasteiger partial charge in [0, 0.05) is 55.6 Å². The molecule has 1 aliphatic heterocycles. The Hall–Kier alpha value is -3.54. The van der Waals surface area contributed by atoms with E-state index in [9.17, 15) is 4.79 Å². The second-order valence-electron chi connectivity index (χ2n) is 9.36. The molecule has 0 atom stereocenters. The van der Waals surface area contributed by atoms with E-state index in [1.807, 2.05) is 42.6 Å². The third-order valence-corrected chi connectivity index (χ3v) is 7.14. The van der Waals surface area contributed by atoms with Gasteiger partial charge in [0.15, 0.2) is 0 Å². The highest BCUT2D eigenvalue weighted by molar-refractivity contribution is 6.01.